The van der Waals surface area contributed by atoms with Gasteiger partial charge in [-0.3, -0.25) is 4.79 Å². The molecule has 1 aliphatic rings. The molecule has 1 heterocycles. The molecule has 1 fully saturated rings. The van der Waals surface area contributed by atoms with E-state index in [9.17, 15) is 13.2 Å². The fraction of sp³-hybridized carbons (Fsp3) is 0.900. The number of carboxylic acids is 1. The summed E-state index contributed by atoms with van der Waals surface area (Å²) in [7, 11) is -3.57. The molecule has 1 aliphatic heterocycles. The number of rotatable bonds is 9. The van der Waals surface area contributed by atoms with Crippen molar-refractivity contribution in [3.05, 3.63) is 0 Å². The zero-order chi connectivity index (χ0) is 14.3. The number of aliphatic carboxylic acids is 1. The molecule has 0 bridgehead atoms. The second-order valence-electron chi connectivity index (χ2n) is 4.57. The Morgan fingerprint density at radius 3 is 2.42 bits per heavy atom. The van der Waals surface area contributed by atoms with Crippen LogP contribution >= 0.6 is 0 Å². The van der Waals surface area contributed by atoms with Crippen LogP contribution in [0.25, 0.3) is 0 Å². The molecule has 8 nitrogen and oxygen atoms in total. The summed E-state index contributed by atoms with van der Waals surface area (Å²) in [5, 5.41) is 8.55. The highest BCUT2D eigenvalue weighted by Crippen LogP contribution is 2.05. The van der Waals surface area contributed by atoms with Crippen LogP contribution in [0.3, 0.4) is 0 Å². The summed E-state index contributed by atoms with van der Waals surface area (Å²) in [6.45, 7) is 3.08. The smallest absolute Gasteiger partial charge is 0.320 e. The van der Waals surface area contributed by atoms with Gasteiger partial charge in [-0.15, -0.1) is 0 Å². The number of carbonyl (C=O) groups is 1. The molecule has 0 spiro atoms. The van der Waals surface area contributed by atoms with Crippen molar-refractivity contribution < 1.29 is 18.3 Å². The average Bonchev–Trinajstić information content (AvgIpc) is 2.81. The molecule has 19 heavy (non-hydrogen) atoms. The lowest BCUT2D eigenvalue weighted by molar-refractivity contribution is -0.138. The van der Waals surface area contributed by atoms with E-state index in [-0.39, 0.29) is 13.0 Å². The number of nitrogens with one attached hydrogen (secondary N) is 2. The highest BCUT2D eigenvalue weighted by molar-refractivity contribution is 7.87. The molecule has 9 heteroatoms. The Bertz CT molecular complexity index is 381. The zero-order valence-corrected chi connectivity index (χ0v) is 11.7. The maximum Gasteiger partial charge on any atom is 0.320 e. The van der Waals surface area contributed by atoms with E-state index in [1.807, 2.05) is 0 Å². The van der Waals surface area contributed by atoms with Gasteiger partial charge in [-0.2, -0.15) is 8.42 Å². The number of nitrogens with zero attached hydrogens (tertiary/aromatic N) is 1. The van der Waals surface area contributed by atoms with E-state index >= 15 is 0 Å². The lowest BCUT2D eigenvalue weighted by Gasteiger charge is -2.15. The van der Waals surface area contributed by atoms with Crippen LogP contribution in [0.15, 0.2) is 0 Å². The third-order valence-corrected chi connectivity index (χ3v) is 4.15. The first-order valence-electron chi connectivity index (χ1n) is 6.36. The summed E-state index contributed by atoms with van der Waals surface area (Å²) in [4.78, 5) is 12.6. The van der Waals surface area contributed by atoms with Crippen molar-refractivity contribution in [2.45, 2.75) is 25.3 Å². The van der Waals surface area contributed by atoms with E-state index in [1.165, 1.54) is 0 Å². The van der Waals surface area contributed by atoms with Gasteiger partial charge in [0, 0.05) is 19.6 Å². The predicted molar refractivity (Wildman–Crippen MR) is 70.8 cm³/mol. The average molecular weight is 294 g/mol. The molecular formula is C10H22N4O4S. The maximum atomic E-state index is 11.5. The van der Waals surface area contributed by atoms with Crippen LogP contribution in [-0.2, 0) is 15.0 Å². The van der Waals surface area contributed by atoms with E-state index < -0.39 is 22.2 Å². The van der Waals surface area contributed by atoms with Crippen molar-refractivity contribution in [1.82, 2.24) is 14.3 Å². The van der Waals surface area contributed by atoms with E-state index in [1.54, 1.807) is 0 Å². The van der Waals surface area contributed by atoms with Gasteiger partial charge >= 0.3 is 5.97 Å². The molecule has 5 N–H and O–H groups in total. The molecular weight excluding hydrogens is 272 g/mol. The highest BCUT2D eigenvalue weighted by atomic mass is 32.2. The van der Waals surface area contributed by atoms with Crippen LogP contribution < -0.4 is 15.2 Å². The number of hydrogen-bond acceptors (Lipinski definition) is 5. The van der Waals surface area contributed by atoms with Crippen molar-refractivity contribution in [2.24, 2.45) is 5.73 Å². The van der Waals surface area contributed by atoms with Gasteiger partial charge in [0.25, 0.3) is 10.2 Å². The first-order chi connectivity index (χ1) is 8.91. The minimum absolute atomic E-state index is 0.00646. The third-order valence-electron chi connectivity index (χ3n) is 2.98. The Morgan fingerprint density at radius 1 is 1.26 bits per heavy atom. The first-order valence-corrected chi connectivity index (χ1v) is 7.84. The van der Waals surface area contributed by atoms with E-state index in [4.69, 9.17) is 10.8 Å². The number of likely N-dealkylation sites (tertiary alicyclic amines) is 1. The molecule has 0 amide bonds. The quantitative estimate of drug-likeness (QED) is 0.402. The monoisotopic (exact) mass is 294 g/mol. The number of hydrogen-bond donors (Lipinski definition) is 4. The van der Waals surface area contributed by atoms with E-state index in [0.717, 1.165) is 25.9 Å². The lowest BCUT2D eigenvalue weighted by Crippen LogP contribution is -2.42. The Kier molecular flexibility index (Phi) is 6.66. The van der Waals surface area contributed by atoms with Crippen molar-refractivity contribution in [2.75, 3.05) is 32.7 Å². The maximum absolute atomic E-state index is 11.5. The van der Waals surface area contributed by atoms with Crippen LogP contribution in [0.4, 0.5) is 0 Å². The topological polar surface area (TPSA) is 125 Å². The molecule has 112 valence electrons. The fourth-order valence-corrected chi connectivity index (χ4v) is 2.72. The van der Waals surface area contributed by atoms with Gasteiger partial charge in [0.05, 0.1) is 0 Å². The molecule has 0 aromatic rings. The molecule has 1 rings (SSSR count). The van der Waals surface area contributed by atoms with Crippen molar-refractivity contribution >= 4 is 16.2 Å². The minimum atomic E-state index is -3.57. The van der Waals surface area contributed by atoms with Gasteiger partial charge < -0.3 is 15.7 Å². The lowest BCUT2D eigenvalue weighted by atomic mass is 10.2. The molecule has 0 aromatic carbocycles. The third kappa shape index (κ3) is 6.83. The number of carboxylic acid groups (broad SMARTS) is 1. The molecule has 0 unspecified atom stereocenters. The molecule has 0 radical (unpaired) electrons. The van der Waals surface area contributed by atoms with Gasteiger partial charge in [-0.1, -0.05) is 0 Å². The molecule has 0 aliphatic carbocycles. The zero-order valence-electron chi connectivity index (χ0n) is 10.8. The van der Waals surface area contributed by atoms with Gasteiger partial charge in [-0.25, -0.2) is 9.44 Å². The van der Waals surface area contributed by atoms with Gasteiger partial charge in [0.1, 0.15) is 6.04 Å². The second-order valence-corrected chi connectivity index (χ2v) is 6.16. The molecule has 1 atom stereocenters. The van der Waals surface area contributed by atoms with Crippen molar-refractivity contribution in [1.29, 1.82) is 0 Å². The summed E-state index contributed by atoms with van der Waals surface area (Å²) in [6.07, 6.45) is 2.39. The Balaban J connectivity index is 2.14. The fourth-order valence-electron chi connectivity index (χ4n) is 1.87. The minimum Gasteiger partial charge on any atom is -0.480 e. The SMILES string of the molecule is N[C@@H](CCNS(=O)(=O)NCCN1CCCC1)C(=O)O. The largest absolute Gasteiger partial charge is 0.480 e. The van der Waals surface area contributed by atoms with Crippen LogP contribution in [0, 0.1) is 0 Å². The normalized spacial score (nSPS) is 18.6. The summed E-state index contributed by atoms with van der Waals surface area (Å²) >= 11 is 0. The van der Waals surface area contributed by atoms with Crippen LogP contribution in [0.1, 0.15) is 19.3 Å². The second kappa shape index (κ2) is 7.75. The standard InChI is InChI=1S/C10H22N4O4S/c11-9(10(15)16)3-4-12-19(17,18)13-5-8-14-6-1-2-7-14/h9,12-13H,1-8,11H2,(H,15,16)/t9-/m0/s1. The van der Waals surface area contributed by atoms with E-state index in [0.29, 0.717) is 13.1 Å². The van der Waals surface area contributed by atoms with Crippen molar-refractivity contribution in [3.63, 3.8) is 0 Å². The summed E-state index contributed by atoms with van der Waals surface area (Å²) in [6, 6.07) is -1.05. The molecule has 0 saturated carbocycles. The highest BCUT2D eigenvalue weighted by Gasteiger charge is 2.15. The van der Waals surface area contributed by atoms with Crippen LogP contribution in [-0.4, -0.2) is 63.2 Å². The Labute approximate surface area is 113 Å². The first kappa shape index (κ1) is 16.3. The van der Waals surface area contributed by atoms with Crippen LogP contribution in [0.5, 0.6) is 0 Å². The van der Waals surface area contributed by atoms with E-state index in [2.05, 4.69) is 14.3 Å². The van der Waals surface area contributed by atoms with Crippen LogP contribution in [0.2, 0.25) is 0 Å². The van der Waals surface area contributed by atoms with Gasteiger partial charge in [0.2, 0.25) is 0 Å². The number of nitrogens with two attached hydrogens (primary N) is 1. The Hall–Kier alpha value is -0.740. The molecule has 1 saturated heterocycles. The summed E-state index contributed by atoms with van der Waals surface area (Å²) in [5.74, 6) is -1.14. The summed E-state index contributed by atoms with van der Waals surface area (Å²) < 4.78 is 27.7. The summed E-state index contributed by atoms with van der Waals surface area (Å²) in [5.41, 5.74) is 5.27. The van der Waals surface area contributed by atoms with Crippen molar-refractivity contribution in [3.8, 4) is 0 Å². The van der Waals surface area contributed by atoms with Gasteiger partial charge in [0.15, 0.2) is 0 Å². The van der Waals surface area contributed by atoms with Gasteiger partial charge in [-0.05, 0) is 32.4 Å². The molecule has 0 aromatic heterocycles. The predicted octanol–water partition coefficient (Wildman–Crippen LogP) is -1.69. The Morgan fingerprint density at radius 2 is 1.84 bits per heavy atom.